The summed E-state index contributed by atoms with van der Waals surface area (Å²) >= 11 is 0. The van der Waals surface area contributed by atoms with Gasteiger partial charge >= 0.3 is 11.5 Å². The summed E-state index contributed by atoms with van der Waals surface area (Å²) in [6.07, 6.45) is 0. The number of methoxy groups -OCH3 is 2. The predicted octanol–water partition coefficient (Wildman–Crippen LogP) is 0.472. The number of carbonyl (C=O) groups excluding carboxylic acids is 1. The third kappa shape index (κ3) is 4.92. The van der Waals surface area contributed by atoms with Crippen molar-refractivity contribution in [3.05, 3.63) is 64.6 Å². The van der Waals surface area contributed by atoms with Crippen LogP contribution < -0.4 is 24.8 Å². The zero-order valence-electron chi connectivity index (χ0n) is 17.3. The highest BCUT2D eigenvalue weighted by Gasteiger charge is 2.25. The van der Waals surface area contributed by atoms with Crippen molar-refractivity contribution in [2.75, 3.05) is 20.8 Å². The van der Waals surface area contributed by atoms with Crippen molar-refractivity contribution >= 4 is 17.6 Å². The number of esters is 1. The highest BCUT2D eigenvalue weighted by Crippen LogP contribution is 2.18. The maximum Gasteiger partial charge on any atom is 0.406 e. The Bertz CT molecular complexity index is 1130. The van der Waals surface area contributed by atoms with Gasteiger partial charge in [-0.3, -0.25) is 4.99 Å². The summed E-state index contributed by atoms with van der Waals surface area (Å²) in [6, 6.07) is 13.1. The fourth-order valence-corrected chi connectivity index (χ4v) is 2.83. The first-order valence-corrected chi connectivity index (χ1v) is 9.41. The number of hydrogen-bond donors (Lipinski definition) is 1. The molecule has 2 aromatic carbocycles. The maximum atomic E-state index is 13.0. The van der Waals surface area contributed by atoms with Crippen LogP contribution in [0.5, 0.6) is 11.5 Å². The Balaban J connectivity index is 2.06. The second-order valence-corrected chi connectivity index (χ2v) is 6.29. The first kappa shape index (κ1) is 21.6. The quantitative estimate of drug-likeness (QED) is 0.242. The van der Waals surface area contributed by atoms with Crippen LogP contribution in [-0.2, 0) is 16.1 Å². The van der Waals surface area contributed by atoms with E-state index in [-0.39, 0.29) is 18.8 Å². The number of aromatic amines is 1. The topological polar surface area (TPSA) is 122 Å². The number of hydrogen-bond acceptors (Lipinski definition) is 7. The van der Waals surface area contributed by atoms with E-state index in [0.29, 0.717) is 22.9 Å². The van der Waals surface area contributed by atoms with Crippen LogP contribution in [0.3, 0.4) is 0 Å². The molecule has 0 aliphatic rings. The lowest BCUT2D eigenvalue weighted by Gasteiger charge is -2.07. The molecule has 10 heteroatoms. The van der Waals surface area contributed by atoms with Crippen LogP contribution in [0.4, 0.5) is 5.69 Å². The van der Waals surface area contributed by atoms with Gasteiger partial charge in [0.05, 0.1) is 26.5 Å². The second-order valence-electron chi connectivity index (χ2n) is 6.29. The Morgan fingerprint density at radius 1 is 1.06 bits per heavy atom. The molecule has 0 atom stereocenters. The summed E-state index contributed by atoms with van der Waals surface area (Å²) in [4.78, 5) is 29.0. The molecule has 0 amide bonds. The van der Waals surface area contributed by atoms with Gasteiger partial charge in [-0.1, -0.05) is 9.90 Å². The first-order chi connectivity index (χ1) is 15.0. The Hall–Kier alpha value is -4.08. The fraction of sp³-hybridized carbons (Fsp3) is 0.238. The van der Waals surface area contributed by atoms with Crippen molar-refractivity contribution in [2.45, 2.75) is 13.5 Å². The smallest absolute Gasteiger partial charge is 0.406 e. The second kappa shape index (κ2) is 9.61. The van der Waals surface area contributed by atoms with E-state index in [9.17, 15) is 14.7 Å². The zero-order valence-corrected chi connectivity index (χ0v) is 17.3. The molecule has 0 aliphatic carbocycles. The van der Waals surface area contributed by atoms with Gasteiger partial charge in [0.25, 0.3) is 0 Å². The van der Waals surface area contributed by atoms with Crippen LogP contribution in [0, 0.1) is 0 Å². The van der Waals surface area contributed by atoms with Gasteiger partial charge in [-0.05, 0) is 55.5 Å². The van der Waals surface area contributed by atoms with E-state index in [1.54, 1.807) is 55.5 Å². The molecule has 31 heavy (non-hydrogen) atoms. The molecule has 0 saturated carbocycles. The van der Waals surface area contributed by atoms with E-state index in [0.717, 1.165) is 9.36 Å². The lowest BCUT2D eigenvalue weighted by atomic mass is 10.3. The van der Waals surface area contributed by atoms with Crippen molar-refractivity contribution in [2.24, 2.45) is 4.99 Å². The summed E-state index contributed by atoms with van der Waals surface area (Å²) in [5, 5.41) is 15.6. The molecule has 0 spiro atoms. The molecule has 1 heterocycles. The lowest BCUT2D eigenvalue weighted by molar-refractivity contribution is -0.747. The van der Waals surface area contributed by atoms with Gasteiger partial charge in [-0.25, -0.2) is 9.59 Å². The normalized spacial score (nSPS) is 11.3. The minimum Gasteiger partial charge on any atom is -0.855 e. The van der Waals surface area contributed by atoms with Crippen LogP contribution in [0.15, 0.2) is 58.3 Å². The van der Waals surface area contributed by atoms with E-state index < -0.39 is 17.4 Å². The standard InChI is InChI=1S/C21H22N4O6/c1-4-31-18(26)13-24-19(20(27)22-14-5-9-16(29-2)10-6-14)21(28)25(23-24)15-7-11-17(30-3)12-8-15/h5-12H,4,13H2,1-3H3,(H-,22,23,27,28). The van der Waals surface area contributed by atoms with Crippen LogP contribution in [0.25, 0.3) is 5.69 Å². The van der Waals surface area contributed by atoms with Crippen LogP contribution in [0.2, 0.25) is 0 Å². The molecule has 3 aromatic rings. The molecule has 0 saturated heterocycles. The summed E-state index contributed by atoms with van der Waals surface area (Å²) < 4.78 is 17.4. The molecule has 0 aliphatic heterocycles. The monoisotopic (exact) mass is 426 g/mol. The largest absolute Gasteiger partial charge is 0.855 e. The fourth-order valence-electron chi connectivity index (χ4n) is 2.83. The van der Waals surface area contributed by atoms with Crippen molar-refractivity contribution in [1.29, 1.82) is 0 Å². The molecule has 1 aromatic heterocycles. The number of carbonyl (C=O) groups is 1. The van der Waals surface area contributed by atoms with E-state index in [2.05, 4.69) is 10.2 Å². The van der Waals surface area contributed by atoms with E-state index >= 15 is 0 Å². The van der Waals surface area contributed by atoms with Gasteiger partial charge in [0.2, 0.25) is 12.2 Å². The van der Waals surface area contributed by atoms with Crippen LogP contribution in [-0.4, -0.2) is 42.6 Å². The number of benzene rings is 2. The van der Waals surface area contributed by atoms with Crippen molar-refractivity contribution in [3.8, 4) is 17.2 Å². The van der Waals surface area contributed by atoms with E-state index in [1.807, 2.05) is 0 Å². The van der Waals surface area contributed by atoms with Gasteiger partial charge in [-0.2, -0.15) is 0 Å². The number of aromatic nitrogens is 3. The van der Waals surface area contributed by atoms with Crippen LogP contribution >= 0.6 is 0 Å². The number of nitrogens with zero attached hydrogens (tertiary/aromatic N) is 3. The summed E-state index contributed by atoms with van der Waals surface area (Å²) in [7, 11) is 3.05. The maximum absolute atomic E-state index is 13.0. The minimum atomic E-state index is -0.803. The average molecular weight is 426 g/mol. The first-order valence-electron chi connectivity index (χ1n) is 9.41. The lowest BCUT2D eigenvalue weighted by Crippen LogP contribution is -2.49. The van der Waals surface area contributed by atoms with E-state index in [4.69, 9.17) is 14.2 Å². The molecular weight excluding hydrogens is 404 g/mol. The number of aliphatic imine (C=N–C) groups is 1. The van der Waals surface area contributed by atoms with Crippen molar-refractivity contribution in [1.82, 2.24) is 9.90 Å². The minimum absolute atomic E-state index is 0.169. The summed E-state index contributed by atoms with van der Waals surface area (Å²) in [5.74, 6) is -0.196. The Morgan fingerprint density at radius 3 is 2.19 bits per heavy atom. The molecule has 0 unspecified atom stereocenters. The van der Waals surface area contributed by atoms with E-state index in [1.165, 1.54) is 14.2 Å². The predicted molar refractivity (Wildman–Crippen MR) is 109 cm³/mol. The summed E-state index contributed by atoms with van der Waals surface area (Å²) in [6.45, 7) is 1.48. The third-order valence-electron chi connectivity index (χ3n) is 4.33. The zero-order chi connectivity index (χ0) is 22.4. The number of ether oxygens (including phenoxy) is 3. The van der Waals surface area contributed by atoms with Crippen molar-refractivity contribution < 1.29 is 28.8 Å². The number of H-pyrrole nitrogens is 1. The molecule has 162 valence electrons. The third-order valence-corrected chi connectivity index (χ3v) is 4.33. The SMILES string of the molecule is CCOC(=O)C[n+]1[nH]n(-c2ccc(OC)cc2)c(=O)c1C([O-])=Nc1ccc(OC)cc1. The Morgan fingerprint density at radius 2 is 1.65 bits per heavy atom. The number of nitrogens with one attached hydrogen (secondary N) is 1. The Labute approximate surface area is 177 Å². The molecular formula is C21H22N4O6. The molecule has 0 fully saturated rings. The highest BCUT2D eigenvalue weighted by atomic mass is 16.5. The molecule has 10 nitrogen and oxygen atoms in total. The van der Waals surface area contributed by atoms with Gasteiger partial charge in [0.1, 0.15) is 11.5 Å². The van der Waals surface area contributed by atoms with Crippen molar-refractivity contribution in [3.63, 3.8) is 0 Å². The molecule has 0 radical (unpaired) electrons. The van der Waals surface area contributed by atoms with Gasteiger partial charge < -0.3 is 19.3 Å². The van der Waals surface area contributed by atoms with Gasteiger partial charge in [-0.15, -0.1) is 4.68 Å². The molecule has 1 N–H and O–H groups in total. The van der Waals surface area contributed by atoms with Gasteiger partial charge in [0.15, 0.2) is 5.69 Å². The van der Waals surface area contributed by atoms with Crippen LogP contribution in [0.1, 0.15) is 12.6 Å². The van der Waals surface area contributed by atoms with Gasteiger partial charge in [0, 0.05) is 5.90 Å². The Kier molecular flexibility index (Phi) is 6.71. The average Bonchev–Trinajstić information content (AvgIpc) is 3.10. The molecule has 0 bridgehead atoms. The molecule has 3 rings (SSSR count). The highest BCUT2D eigenvalue weighted by molar-refractivity contribution is 5.89. The summed E-state index contributed by atoms with van der Waals surface area (Å²) in [5.41, 5.74) is -0.173. The number of rotatable bonds is 8.